The number of methoxy groups -OCH3 is 2. The molecule has 3 aliphatic heterocycles. The molecule has 3 aliphatic rings. The molecule has 1 unspecified atom stereocenters. The van der Waals surface area contributed by atoms with E-state index in [9.17, 15) is 4.79 Å². The van der Waals surface area contributed by atoms with Crippen molar-refractivity contribution in [2.24, 2.45) is 0 Å². The Labute approximate surface area is 259 Å². The lowest BCUT2D eigenvalue weighted by molar-refractivity contribution is -0.117. The van der Waals surface area contributed by atoms with Crippen molar-refractivity contribution in [1.29, 1.82) is 0 Å². The van der Waals surface area contributed by atoms with E-state index in [4.69, 9.17) is 52.1 Å². The van der Waals surface area contributed by atoms with E-state index >= 15 is 0 Å². The molecule has 3 aromatic rings. The molecule has 1 aromatic carbocycles. The normalized spacial score (nSPS) is 22.3. The fourth-order valence-corrected chi connectivity index (χ4v) is 6.40. The van der Waals surface area contributed by atoms with Crippen LogP contribution in [0.4, 0.5) is 11.6 Å². The fraction of sp³-hybridized carbons (Fsp3) is 0.433. The summed E-state index contributed by atoms with van der Waals surface area (Å²) in [6, 6.07) is 5.77. The van der Waals surface area contributed by atoms with Crippen LogP contribution in [0.2, 0.25) is 10.0 Å². The summed E-state index contributed by atoms with van der Waals surface area (Å²) in [6.07, 6.45) is 3.94. The van der Waals surface area contributed by atoms with Gasteiger partial charge in [-0.2, -0.15) is 0 Å². The molecule has 6 rings (SSSR count). The summed E-state index contributed by atoms with van der Waals surface area (Å²) in [7, 11) is 3.07. The molecule has 5 heterocycles. The summed E-state index contributed by atoms with van der Waals surface area (Å²) in [5.74, 6) is 1.96. The van der Waals surface area contributed by atoms with Gasteiger partial charge < -0.3 is 34.9 Å². The van der Waals surface area contributed by atoms with Gasteiger partial charge in [-0.05, 0) is 24.6 Å². The van der Waals surface area contributed by atoms with Crippen molar-refractivity contribution in [3.05, 3.63) is 47.1 Å². The first-order valence-corrected chi connectivity index (χ1v) is 14.9. The average molecular weight is 630 g/mol. The summed E-state index contributed by atoms with van der Waals surface area (Å²) in [6.45, 7) is 7.71. The van der Waals surface area contributed by atoms with Gasteiger partial charge in [0.15, 0.2) is 0 Å². The minimum absolute atomic E-state index is 0.0665. The van der Waals surface area contributed by atoms with Crippen LogP contribution >= 0.6 is 23.2 Å². The largest absolute Gasteiger partial charge is 0.495 e. The van der Waals surface area contributed by atoms with Crippen molar-refractivity contribution in [3.8, 4) is 22.8 Å². The number of nitrogens with zero attached hydrogens (tertiary/aromatic N) is 3. The van der Waals surface area contributed by atoms with E-state index in [2.05, 4.69) is 27.4 Å². The van der Waals surface area contributed by atoms with Crippen LogP contribution in [-0.4, -0.2) is 98.7 Å². The van der Waals surface area contributed by atoms with Crippen LogP contribution in [0.1, 0.15) is 6.42 Å². The second-order valence-corrected chi connectivity index (χ2v) is 11.6. The van der Waals surface area contributed by atoms with E-state index in [-0.39, 0.29) is 24.0 Å². The molecule has 43 heavy (non-hydrogen) atoms. The standard InChI is InChI=1S/C30H34Cl2N6O5/c1-4-26(39)36-22-12-38(18-14-43-15-18)11-21(22)35-25-8-19-16(10-33-25)7-20(37-30(19)34-17-5-6-42-13-17)27-28(31)23(40-2)9-24(41-3)29(27)32/h4,7-10,17-18,21-22H,1,5-6,11-15H2,2-3H3,(H,33,35)(H,34,37)(H,36,39)/t17?,21-,22+/m1/s1. The van der Waals surface area contributed by atoms with Gasteiger partial charge in [0.1, 0.15) is 23.1 Å². The van der Waals surface area contributed by atoms with Crippen LogP contribution in [0.5, 0.6) is 11.5 Å². The zero-order valence-electron chi connectivity index (χ0n) is 24.0. The zero-order valence-corrected chi connectivity index (χ0v) is 25.5. The highest BCUT2D eigenvalue weighted by atomic mass is 35.5. The lowest BCUT2D eigenvalue weighted by atomic mass is 10.1. The molecule has 3 N–H and O–H groups in total. The third-order valence-electron chi connectivity index (χ3n) is 8.15. The number of fused-ring (bicyclic) bond motifs is 1. The number of carbonyl (C=O) groups is 1. The smallest absolute Gasteiger partial charge is 0.243 e. The number of aromatic nitrogens is 2. The van der Waals surface area contributed by atoms with Crippen molar-refractivity contribution in [2.75, 3.05) is 64.4 Å². The quantitative estimate of drug-likeness (QED) is 0.284. The summed E-state index contributed by atoms with van der Waals surface area (Å²) >= 11 is 13.5. The maximum atomic E-state index is 12.2. The maximum Gasteiger partial charge on any atom is 0.243 e. The van der Waals surface area contributed by atoms with E-state index in [0.717, 1.165) is 23.7 Å². The Morgan fingerprint density at radius 3 is 2.42 bits per heavy atom. The van der Waals surface area contributed by atoms with Crippen molar-refractivity contribution in [2.45, 2.75) is 30.6 Å². The number of rotatable bonds is 10. The molecule has 0 aliphatic carbocycles. The summed E-state index contributed by atoms with van der Waals surface area (Å²) < 4.78 is 22.0. The molecule has 2 aromatic heterocycles. The molecule has 228 valence electrons. The van der Waals surface area contributed by atoms with Gasteiger partial charge in [0.05, 0.1) is 73.9 Å². The molecule has 0 bridgehead atoms. The SMILES string of the molecule is C=CC(=O)N[C@H]1CN(C2COC2)C[C@H]1Nc1cc2c(NC3CCOC3)nc(-c3c(Cl)c(OC)cc(OC)c3Cl)cc2cn1. The van der Waals surface area contributed by atoms with Gasteiger partial charge in [0.25, 0.3) is 0 Å². The first-order valence-electron chi connectivity index (χ1n) is 14.1. The van der Waals surface area contributed by atoms with Gasteiger partial charge in [0.2, 0.25) is 5.91 Å². The molecule has 11 nitrogen and oxygen atoms in total. The van der Waals surface area contributed by atoms with Gasteiger partial charge in [-0.15, -0.1) is 0 Å². The first-order chi connectivity index (χ1) is 20.9. The Kier molecular flexibility index (Phi) is 8.78. The molecule has 0 saturated carbocycles. The lowest BCUT2D eigenvalue weighted by Crippen LogP contribution is -2.49. The second-order valence-electron chi connectivity index (χ2n) is 10.9. The highest BCUT2D eigenvalue weighted by Crippen LogP contribution is 2.46. The average Bonchev–Trinajstić information content (AvgIpc) is 3.62. The van der Waals surface area contributed by atoms with E-state index in [1.54, 1.807) is 12.3 Å². The number of likely N-dealkylation sites (tertiary alicyclic amines) is 1. The Balaban J connectivity index is 1.37. The van der Waals surface area contributed by atoms with Gasteiger partial charge in [0, 0.05) is 48.3 Å². The lowest BCUT2D eigenvalue weighted by Gasteiger charge is -2.34. The minimum atomic E-state index is -0.205. The first kappa shape index (κ1) is 29.7. The highest BCUT2D eigenvalue weighted by Gasteiger charge is 2.39. The number of carbonyl (C=O) groups excluding carboxylic acids is 1. The predicted molar refractivity (Wildman–Crippen MR) is 167 cm³/mol. The topological polar surface area (TPSA) is 119 Å². The molecular weight excluding hydrogens is 595 g/mol. The molecule has 3 fully saturated rings. The van der Waals surface area contributed by atoms with Crippen molar-refractivity contribution >= 4 is 51.5 Å². The Hall–Kier alpha value is -3.35. The number of hydrogen-bond donors (Lipinski definition) is 3. The van der Waals surface area contributed by atoms with Gasteiger partial charge in [-0.3, -0.25) is 9.69 Å². The number of hydrogen-bond acceptors (Lipinski definition) is 10. The van der Waals surface area contributed by atoms with E-state index in [0.29, 0.717) is 83.5 Å². The molecular formula is C30H34Cl2N6O5. The monoisotopic (exact) mass is 628 g/mol. The van der Waals surface area contributed by atoms with Crippen LogP contribution in [0.25, 0.3) is 22.0 Å². The summed E-state index contributed by atoms with van der Waals surface area (Å²) in [4.78, 5) is 24.3. The molecule has 1 amide bonds. The van der Waals surface area contributed by atoms with Crippen molar-refractivity contribution < 1.29 is 23.7 Å². The van der Waals surface area contributed by atoms with Gasteiger partial charge in [-0.25, -0.2) is 9.97 Å². The molecule has 3 atom stereocenters. The van der Waals surface area contributed by atoms with Crippen LogP contribution < -0.4 is 25.4 Å². The van der Waals surface area contributed by atoms with Gasteiger partial charge in [-0.1, -0.05) is 29.8 Å². The number of ether oxygens (including phenoxy) is 4. The molecule has 3 saturated heterocycles. The Morgan fingerprint density at radius 1 is 1.05 bits per heavy atom. The van der Waals surface area contributed by atoms with E-state index in [1.165, 1.54) is 20.3 Å². The number of benzene rings is 1. The molecule has 0 radical (unpaired) electrons. The van der Waals surface area contributed by atoms with Crippen molar-refractivity contribution in [3.63, 3.8) is 0 Å². The predicted octanol–water partition coefficient (Wildman–Crippen LogP) is 3.99. The summed E-state index contributed by atoms with van der Waals surface area (Å²) in [5, 5.41) is 12.6. The van der Waals surface area contributed by atoms with Gasteiger partial charge >= 0.3 is 0 Å². The van der Waals surface area contributed by atoms with E-state index < -0.39 is 0 Å². The van der Waals surface area contributed by atoms with Crippen LogP contribution in [0, 0.1) is 0 Å². The van der Waals surface area contributed by atoms with Crippen LogP contribution in [0.3, 0.4) is 0 Å². The highest BCUT2D eigenvalue weighted by molar-refractivity contribution is 6.41. The van der Waals surface area contributed by atoms with Crippen LogP contribution in [0.15, 0.2) is 37.1 Å². The Bertz CT molecular complexity index is 1500. The third kappa shape index (κ3) is 6.05. The van der Waals surface area contributed by atoms with E-state index in [1.807, 2.05) is 12.1 Å². The number of halogens is 2. The fourth-order valence-electron chi connectivity index (χ4n) is 5.71. The second kappa shape index (κ2) is 12.7. The maximum absolute atomic E-state index is 12.2. The number of anilines is 2. The Morgan fingerprint density at radius 2 is 1.79 bits per heavy atom. The summed E-state index contributed by atoms with van der Waals surface area (Å²) in [5.41, 5.74) is 1.05. The minimum Gasteiger partial charge on any atom is -0.495 e. The number of pyridine rings is 2. The number of nitrogens with one attached hydrogen (secondary N) is 3. The third-order valence-corrected chi connectivity index (χ3v) is 8.90. The van der Waals surface area contributed by atoms with Crippen molar-refractivity contribution in [1.82, 2.24) is 20.2 Å². The molecule has 13 heteroatoms. The number of amides is 1. The van der Waals surface area contributed by atoms with Crippen LogP contribution in [-0.2, 0) is 14.3 Å². The molecule has 0 spiro atoms. The zero-order chi connectivity index (χ0) is 30.1.